The zero-order chi connectivity index (χ0) is 17.4. The van der Waals surface area contributed by atoms with Crippen LogP contribution in [0.5, 0.6) is 0 Å². The Morgan fingerprint density at radius 1 is 1.30 bits per heavy atom. The second-order valence-corrected chi connectivity index (χ2v) is 7.58. The van der Waals surface area contributed by atoms with Gasteiger partial charge in [-0.3, -0.25) is 4.79 Å². The van der Waals surface area contributed by atoms with Crippen LogP contribution < -0.4 is 0 Å². The van der Waals surface area contributed by atoms with Crippen molar-refractivity contribution in [1.82, 2.24) is 4.31 Å². The molecular formula is C14H17F2NO5S. The first kappa shape index (κ1) is 17.8. The molecule has 1 fully saturated rings. The monoisotopic (exact) mass is 349 g/mol. The molecule has 0 unspecified atom stereocenters. The maximum absolute atomic E-state index is 14.1. The first-order chi connectivity index (χ1) is 10.6. The second kappa shape index (κ2) is 6.14. The van der Waals surface area contributed by atoms with Crippen LogP contribution in [-0.4, -0.2) is 47.6 Å². The summed E-state index contributed by atoms with van der Waals surface area (Å²) in [6.07, 6.45) is -0.741. The maximum Gasteiger partial charge on any atom is 0.306 e. The third kappa shape index (κ3) is 3.51. The highest BCUT2D eigenvalue weighted by Crippen LogP contribution is 2.31. The molecule has 2 rings (SSSR count). The molecule has 128 valence electrons. The first-order valence-electron chi connectivity index (χ1n) is 6.96. The quantitative estimate of drug-likeness (QED) is 0.853. The number of piperidine rings is 1. The van der Waals surface area contributed by atoms with Gasteiger partial charge in [-0.1, -0.05) is 6.07 Å². The maximum atomic E-state index is 14.1. The van der Waals surface area contributed by atoms with Gasteiger partial charge >= 0.3 is 5.97 Å². The van der Waals surface area contributed by atoms with Crippen molar-refractivity contribution in [1.29, 1.82) is 0 Å². The third-order valence-corrected chi connectivity index (χ3v) is 5.91. The van der Waals surface area contributed by atoms with Gasteiger partial charge < -0.3 is 10.2 Å². The van der Waals surface area contributed by atoms with Crippen molar-refractivity contribution in [2.24, 2.45) is 0 Å². The predicted octanol–water partition coefficient (Wildman–Crippen LogP) is 1.26. The molecule has 23 heavy (non-hydrogen) atoms. The number of nitrogens with zero attached hydrogens (tertiary/aromatic N) is 1. The normalized spacial score (nSPS) is 18.8. The summed E-state index contributed by atoms with van der Waals surface area (Å²) in [5, 5.41) is 18.8. The van der Waals surface area contributed by atoms with Crippen LogP contribution in [0.1, 0.15) is 24.8 Å². The lowest BCUT2D eigenvalue weighted by molar-refractivity contribution is -0.144. The number of hydrogen-bond donors (Lipinski definition) is 2. The highest BCUT2D eigenvalue weighted by molar-refractivity contribution is 7.89. The predicted molar refractivity (Wildman–Crippen MR) is 76.3 cm³/mol. The van der Waals surface area contributed by atoms with Gasteiger partial charge in [0.2, 0.25) is 10.0 Å². The largest absolute Gasteiger partial charge is 0.481 e. The van der Waals surface area contributed by atoms with Crippen LogP contribution in [0.25, 0.3) is 0 Å². The number of rotatable bonds is 4. The lowest BCUT2D eigenvalue weighted by Crippen LogP contribution is -2.47. The van der Waals surface area contributed by atoms with Crippen LogP contribution in [-0.2, 0) is 14.8 Å². The van der Waals surface area contributed by atoms with E-state index in [0.29, 0.717) is 0 Å². The van der Waals surface area contributed by atoms with Crippen molar-refractivity contribution in [3.05, 3.63) is 29.3 Å². The van der Waals surface area contributed by atoms with Gasteiger partial charge in [-0.05, 0) is 31.4 Å². The van der Waals surface area contributed by atoms with Crippen LogP contribution in [0, 0.1) is 18.6 Å². The standard InChI is InChI=1S/C14H17F2NO5S/c1-9-2-3-10(15)13(12(9)16)23(21,22)17-6-4-14(20,5-7-17)8-11(18)19/h2-3,20H,4-8H2,1H3,(H,18,19). The number of sulfonamides is 1. The van der Waals surface area contributed by atoms with Crippen LogP contribution in [0.3, 0.4) is 0 Å². The third-order valence-electron chi connectivity index (χ3n) is 3.97. The zero-order valence-electron chi connectivity index (χ0n) is 12.4. The van der Waals surface area contributed by atoms with Gasteiger partial charge in [0, 0.05) is 13.1 Å². The summed E-state index contributed by atoms with van der Waals surface area (Å²) < 4.78 is 53.7. The molecule has 0 atom stereocenters. The molecule has 1 aromatic rings. The number of hydrogen-bond acceptors (Lipinski definition) is 4. The number of carbonyl (C=O) groups is 1. The van der Waals surface area contributed by atoms with E-state index >= 15 is 0 Å². The molecule has 0 saturated carbocycles. The van der Waals surface area contributed by atoms with Crippen LogP contribution in [0.2, 0.25) is 0 Å². The van der Waals surface area contributed by atoms with Crippen LogP contribution in [0.4, 0.5) is 8.78 Å². The number of aliphatic carboxylic acids is 1. The molecule has 0 radical (unpaired) electrons. The van der Waals surface area contributed by atoms with E-state index in [0.717, 1.165) is 16.4 Å². The number of carboxylic acid groups (broad SMARTS) is 1. The lowest BCUT2D eigenvalue weighted by Gasteiger charge is -2.36. The highest BCUT2D eigenvalue weighted by Gasteiger charge is 2.40. The van der Waals surface area contributed by atoms with E-state index in [1.807, 2.05) is 0 Å². The Labute approximate surface area is 132 Å². The summed E-state index contributed by atoms with van der Waals surface area (Å²) in [7, 11) is -4.40. The molecule has 1 aliphatic heterocycles. The van der Waals surface area contributed by atoms with E-state index in [2.05, 4.69) is 0 Å². The number of aryl methyl sites for hydroxylation is 1. The SMILES string of the molecule is Cc1ccc(F)c(S(=O)(=O)N2CCC(O)(CC(=O)O)CC2)c1F. The molecule has 0 spiro atoms. The van der Waals surface area contributed by atoms with Gasteiger partial charge in [0.05, 0.1) is 12.0 Å². The molecule has 0 aromatic heterocycles. The fourth-order valence-corrected chi connectivity index (χ4v) is 4.22. The Morgan fingerprint density at radius 2 is 1.87 bits per heavy atom. The fourth-order valence-electron chi connectivity index (χ4n) is 2.60. The van der Waals surface area contributed by atoms with Crippen LogP contribution >= 0.6 is 0 Å². The van der Waals surface area contributed by atoms with E-state index in [1.54, 1.807) is 0 Å². The summed E-state index contributed by atoms with van der Waals surface area (Å²) in [5.74, 6) is -3.52. The minimum Gasteiger partial charge on any atom is -0.481 e. The van der Waals surface area contributed by atoms with Gasteiger partial charge in [0.25, 0.3) is 0 Å². The van der Waals surface area contributed by atoms with Crippen molar-refractivity contribution in [2.45, 2.75) is 36.7 Å². The van der Waals surface area contributed by atoms with Crippen molar-refractivity contribution in [3.8, 4) is 0 Å². The molecule has 1 heterocycles. The highest BCUT2D eigenvalue weighted by atomic mass is 32.2. The van der Waals surface area contributed by atoms with E-state index in [1.165, 1.54) is 6.92 Å². The molecule has 2 N–H and O–H groups in total. The summed E-state index contributed by atoms with van der Waals surface area (Å²) >= 11 is 0. The van der Waals surface area contributed by atoms with E-state index in [4.69, 9.17) is 5.11 Å². The molecule has 1 saturated heterocycles. The summed E-state index contributed by atoms with van der Waals surface area (Å²) in [6.45, 7) is 0.910. The number of benzene rings is 1. The van der Waals surface area contributed by atoms with Crippen molar-refractivity contribution >= 4 is 16.0 Å². The van der Waals surface area contributed by atoms with Crippen molar-refractivity contribution in [3.63, 3.8) is 0 Å². The Bertz CT molecular complexity index is 727. The number of aliphatic hydroxyl groups is 1. The average molecular weight is 349 g/mol. The van der Waals surface area contributed by atoms with Gasteiger partial charge in [0.15, 0.2) is 4.90 Å². The minimum atomic E-state index is -4.40. The molecule has 0 amide bonds. The molecule has 1 aromatic carbocycles. The van der Waals surface area contributed by atoms with Gasteiger partial charge in [-0.25, -0.2) is 17.2 Å². The Kier molecular flexibility index (Phi) is 4.74. The molecule has 0 bridgehead atoms. The molecule has 1 aliphatic rings. The molecular weight excluding hydrogens is 332 g/mol. The van der Waals surface area contributed by atoms with Crippen molar-refractivity contribution in [2.75, 3.05) is 13.1 Å². The Hall–Kier alpha value is -1.58. The van der Waals surface area contributed by atoms with Gasteiger partial charge in [-0.15, -0.1) is 0 Å². The van der Waals surface area contributed by atoms with Gasteiger partial charge in [-0.2, -0.15) is 4.31 Å². The van der Waals surface area contributed by atoms with E-state index in [-0.39, 0.29) is 31.5 Å². The van der Waals surface area contributed by atoms with E-state index in [9.17, 15) is 27.1 Å². The molecule has 0 aliphatic carbocycles. The van der Waals surface area contributed by atoms with E-state index < -0.39 is 44.5 Å². The minimum absolute atomic E-state index is 0.00404. The summed E-state index contributed by atoms with van der Waals surface area (Å²) in [6, 6.07) is 2.03. The summed E-state index contributed by atoms with van der Waals surface area (Å²) in [5.41, 5.74) is -1.51. The van der Waals surface area contributed by atoms with Crippen molar-refractivity contribution < 1.29 is 32.2 Å². The number of carboxylic acids is 1. The van der Waals surface area contributed by atoms with Crippen LogP contribution in [0.15, 0.2) is 17.0 Å². The fraction of sp³-hybridized carbons (Fsp3) is 0.500. The smallest absolute Gasteiger partial charge is 0.306 e. The second-order valence-electron chi connectivity index (χ2n) is 5.71. The lowest BCUT2D eigenvalue weighted by atomic mass is 9.89. The summed E-state index contributed by atoms with van der Waals surface area (Å²) in [4.78, 5) is 9.70. The average Bonchev–Trinajstić information content (AvgIpc) is 2.42. The molecule has 9 heteroatoms. The Morgan fingerprint density at radius 3 is 2.39 bits per heavy atom. The first-order valence-corrected chi connectivity index (χ1v) is 8.40. The Balaban J connectivity index is 2.27. The molecule has 6 nitrogen and oxygen atoms in total. The topological polar surface area (TPSA) is 94.9 Å². The zero-order valence-corrected chi connectivity index (χ0v) is 13.2. The number of halogens is 2. The van der Waals surface area contributed by atoms with Gasteiger partial charge in [0.1, 0.15) is 11.6 Å².